The van der Waals surface area contributed by atoms with Crippen LogP contribution in [0.1, 0.15) is 255 Å². The van der Waals surface area contributed by atoms with E-state index in [0.717, 1.165) is 122 Å². The van der Waals surface area contributed by atoms with Crippen LogP contribution in [0.5, 0.6) is 0 Å². The van der Waals surface area contributed by atoms with E-state index in [1.54, 1.807) is 38.1 Å². The van der Waals surface area contributed by atoms with Crippen molar-refractivity contribution in [3.8, 4) is 55.6 Å². The van der Waals surface area contributed by atoms with Crippen molar-refractivity contribution < 1.29 is 64.2 Å². The highest BCUT2D eigenvalue weighted by Crippen LogP contribution is 2.44. The van der Waals surface area contributed by atoms with Crippen LogP contribution in [0.15, 0.2) is 164 Å². The van der Waals surface area contributed by atoms with Gasteiger partial charge in [-0.15, -0.1) is 0 Å². The fourth-order valence-corrected chi connectivity index (χ4v) is 17.0. The van der Waals surface area contributed by atoms with Gasteiger partial charge >= 0.3 is 0 Å². The highest BCUT2D eigenvalue weighted by molar-refractivity contribution is 5.69. The van der Waals surface area contributed by atoms with E-state index in [9.17, 15) is 57.1 Å². The summed E-state index contributed by atoms with van der Waals surface area (Å²) in [5.74, 6) is -1.73. The van der Waals surface area contributed by atoms with Crippen LogP contribution in [-0.4, -0.2) is 0 Å². The lowest BCUT2D eigenvalue weighted by molar-refractivity contribution is 0.346. The molecule has 0 amide bonds. The van der Waals surface area contributed by atoms with Gasteiger partial charge in [-0.3, -0.25) is 0 Å². The van der Waals surface area contributed by atoms with Crippen molar-refractivity contribution in [3.05, 3.63) is 295 Å². The highest BCUT2D eigenvalue weighted by Gasteiger charge is 2.28. The van der Waals surface area contributed by atoms with Gasteiger partial charge in [-0.05, 0) is 315 Å². The Morgan fingerprint density at radius 2 is 0.434 bits per heavy atom. The Kier molecular flexibility index (Phi) is 29.1. The van der Waals surface area contributed by atoms with Gasteiger partial charge in [0.1, 0.15) is 75.6 Å². The van der Waals surface area contributed by atoms with Crippen LogP contribution >= 0.6 is 0 Å². The van der Waals surface area contributed by atoms with Crippen molar-refractivity contribution in [2.45, 2.75) is 227 Å². The minimum Gasteiger partial charge on any atom is -0.207 e. The van der Waals surface area contributed by atoms with E-state index < -0.39 is 69.8 Å². The molecule has 0 atom stereocenters. The van der Waals surface area contributed by atoms with Gasteiger partial charge in [0.25, 0.3) is 0 Å². The van der Waals surface area contributed by atoms with Crippen LogP contribution in [0.25, 0.3) is 55.6 Å². The molecule has 608 valence electrons. The first-order valence-electron chi connectivity index (χ1n) is 40.8. The molecule has 5 fully saturated rings. The van der Waals surface area contributed by atoms with Gasteiger partial charge in [0.05, 0.1) is 11.1 Å². The Hall–Kier alpha value is -8.71. The third-order valence-electron chi connectivity index (χ3n) is 25.1. The highest BCUT2D eigenvalue weighted by atomic mass is 19.2. The first kappa shape index (κ1) is 85.2. The van der Waals surface area contributed by atoms with Gasteiger partial charge in [0, 0.05) is 29.4 Å². The lowest BCUT2D eigenvalue weighted by Crippen LogP contribution is -2.11. The van der Waals surface area contributed by atoms with Crippen LogP contribution in [0.4, 0.5) is 57.1 Å². The van der Waals surface area contributed by atoms with Crippen molar-refractivity contribution in [1.82, 2.24) is 0 Å². The van der Waals surface area contributed by atoms with Gasteiger partial charge in [0.15, 0.2) is 0 Å². The summed E-state index contributed by atoms with van der Waals surface area (Å²) in [6.45, 7) is 18.9. The zero-order valence-electron chi connectivity index (χ0n) is 66.9. The monoisotopic (exact) mass is 1560 g/mol. The molecular formula is C100H117F13. The van der Waals surface area contributed by atoms with Crippen molar-refractivity contribution in [3.63, 3.8) is 0 Å². The number of rotatable bonds is 10. The fraction of sp³-hybridized carbons (Fsp3) is 0.400. The molecule has 5 saturated carbocycles. The molecule has 0 heterocycles. The predicted octanol–water partition coefficient (Wildman–Crippen LogP) is 32.8. The van der Waals surface area contributed by atoms with E-state index in [4.69, 9.17) is 0 Å². The number of hydrogen-bond acceptors (Lipinski definition) is 0. The number of benzene rings is 10. The molecule has 0 nitrogen and oxygen atoms in total. The Balaban J connectivity index is 0.000000227. The Bertz CT molecular complexity index is 4780. The summed E-state index contributed by atoms with van der Waals surface area (Å²) in [4.78, 5) is 0. The largest absolute Gasteiger partial charge is 0.207 e. The van der Waals surface area contributed by atoms with E-state index in [1.807, 2.05) is 30.3 Å². The molecular weight excluding hydrogens is 1450 g/mol. The topological polar surface area (TPSA) is 0 Å². The van der Waals surface area contributed by atoms with Crippen molar-refractivity contribution in [2.75, 3.05) is 0 Å². The summed E-state index contributed by atoms with van der Waals surface area (Å²) in [6, 6.07) is 44.4. The molecule has 0 N–H and O–H groups in total. The van der Waals surface area contributed by atoms with Crippen molar-refractivity contribution in [2.24, 2.45) is 29.6 Å². The molecule has 0 radical (unpaired) electrons. The summed E-state index contributed by atoms with van der Waals surface area (Å²) in [7, 11) is 0. The average Bonchev–Trinajstić information content (AvgIpc) is 0.792. The molecule has 0 aliphatic heterocycles. The van der Waals surface area contributed by atoms with Crippen molar-refractivity contribution >= 4 is 0 Å². The molecule has 10 aromatic rings. The van der Waals surface area contributed by atoms with E-state index in [-0.39, 0.29) is 74.9 Å². The molecule has 113 heavy (non-hydrogen) atoms. The van der Waals surface area contributed by atoms with Crippen LogP contribution in [0.2, 0.25) is 0 Å². The summed E-state index contributed by atoms with van der Waals surface area (Å²) < 4.78 is 182. The Labute approximate surface area is 668 Å². The minimum absolute atomic E-state index is 0. The smallest absolute Gasteiger partial charge is 0.134 e. The lowest BCUT2D eigenvalue weighted by Gasteiger charge is -2.26. The zero-order chi connectivity index (χ0) is 81.1. The van der Waals surface area contributed by atoms with Crippen molar-refractivity contribution in [1.29, 1.82) is 0 Å². The molecule has 0 aromatic heterocycles. The molecule has 5 aliphatic carbocycles. The van der Waals surface area contributed by atoms with Crippen LogP contribution in [-0.2, 0) is 0 Å². The number of halogens is 13. The van der Waals surface area contributed by atoms with Crippen LogP contribution < -0.4 is 0 Å². The summed E-state index contributed by atoms with van der Waals surface area (Å²) in [5, 5.41) is 0. The average molecular weight is 1570 g/mol. The second kappa shape index (κ2) is 38.6. The van der Waals surface area contributed by atoms with Gasteiger partial charge in [0.2, 0.25) is 0 Å². The number of hydrogen-bond donors (Lipinski definition) is 0. The first-order chi connectivity index (χ1) is 53.9. The molecule has 5 aliphatic rings. The maximum atomic E-state index is 14.5. The van der Waals surface area contributed by atoms with E-state index in [2.05, 4.69) is 71.0 Å². The third kappa shape index (κ3) is 21.8. The summed E-state index contributed by atoms with van der Waals surface area (Å²) in [5.41, 5.74) is 9.81. The SMILES string of the molecule is Cc1c(F)cc(-c2c(F)cc(C3CCC(C)CC3)cc2F)cc1F.Cc1c(F)cc(-c2ccc(C3CCC(C)CC3)cc2)cc1F.Cc1c(F)cc(-c2ccc(C3CCC(C)CC3)cc2F)cc1F.Cc1ccc(-c2c(F)cc(C3CCC(C)CC3)cc2F)cc1F.Cc1ccc(-c2ccc(C3CCC(C)CC3)cc2)cc1F.[HH].[HH].[HH].[HH].[HH]. The fourth-order valence-electron chi connectivity index (χ4n) is 17.0. The minimum atomic E-state index is -0.811. The molecule has 10 aromatic carbocycles. The molecule has 15 rings (SSSR count). The van der Waals surface area contributed by atoms with Crippen LogP contribution in [0.3, 0.4) is 0 Å². The second-order valence-electron chi connectivity index (χ2n) is 33.6. The third-order valence-corrected chi connectivity index (χ3v) is 25.1. The zero-order valence-corrected chi connectivity index (χ0v) is 66.9. The first-order valence-corrected chi connectivity index (χ1v) is 40.8. The maximum Gasteiger partial charge on any atom is 0.134 e. The van der Waals surface area contributed by atoms with E-state index in [0.29, 0.717) is 51.8 Å². The van der Waals surface area contributed by atoms with Gasteiger partial charge in [-0.1, -0.05) is 184 Å². The molecule has 0 unspecified atom stereocenters. The summed E-state index contributed by atoms with van der Waals surface area (Å²) >= 11 is 0. The normalized spacial score (nSPS) is 21.6. The van der Waals surface area contributed by atoms with Gasteiger partial charge in [-0.2, -0.15) is 0 Å². The quantitative estimate of drug-likeness (QED) is 0.120. The molecule has 0 spiro atoms. The molecule has 0 saturated heterocycles. The Morgan fingerprint density at radius 1 is 0.195 bits per heavy atom. The summed E-state index contributed by atoms with van der Waals surface area (Å²) in [6.07, 6.45) is 22.9. The van der Waals surface area contributed by atoms with Crippen LogP contribution in [0, 0.1) is 140 Å². The number of aryl methyl sites for hydroxylation is 2. The predicted molar refractivity (Wildman–Crippen MR) is 445 cm³/mol. The maximum absolute atomic E-state index is 14.5. The standard InChI is InChI=1S/C20H20F4.2C20H21F3.C20H22F2.C20H23F.5H2/c1-11-3-5-13(6-4-11)14-7-18(23)20(19(24)8-14)15-9-16(21)12(2)17(22)10-15;1-12-3-6-14(7-4-12)16-10-18(22)20(19(23)11-16)15-8-5-13(2)17(21)9-15;1-12-3-5-14(6-4-12)15-7-8-17(20(23)9-15)16-10-18(21)13(2)19(22)11-16;1-13-3-5-15(6-4-13)16-7-9-17(10-8-16)18-11-19(21)14(2)20(22)12-18;1-14-3-6-16(7-4-14)17-9-11-18(12-10-17)19-8-5-15(2)20(21)13-19;;;;;/h7-11,13H,3-6H2,1-2H3;5,8-12,14H,3-4,6-7H2,1-2H3;7-12,14H,3-6H2,1-2H3;7-13,15H,3-6H2,1-2H3;5,8-14,16H,3-4,6-7H2,1-2H3;5*1H. The van der Waals surface area contributed by atoms with Gasteiger partial charge < -0.3 is 0 Å². The molecule has 13 heteroatoms. The van der Waals surface area contributed by atoms with E-state index >= 15 is 0 Å². The van der Waals surface area contributed by atoms with Gasteiger partial charge in [-0.25, -0.2) is 57.1 Å². The second-order valence-corrected chi connectivity index (χ2v) is 33.6. The molecule has 0 bridgehead atoms. The van der Waals surface area contributed by atoms with E-state index in [1.165, 1.54) is 157 Å². The lowest BCUT2D eigenvalue weighted by atomic mass is 9.79. The Morgan fingerprint density at radius 3 is 0.761 bits per heavy atom.